The number of nitrogens with one attached hydrogen (secondary N) is 1. The maximum absolute atomic E-state index is 14.5. The molecule has 44 heavy (non-hydrogen) atoms. The van der Waals surface area contributed by atoms with E-state index < -0.39 is 28.5 Å². The van der Waals surface area contributed by atoms with Crippen molar-refractivity contribution in [1.29, 1.82) is 0 Å². The van der Waals surface area contributed by atoms with Crippen molar-refractivity contribution in [3.8, 4) is 10.8 Å². The highest BCUT2D eigenvalue weighted by atomic mass is 32.1. The van der Waals surface area contributed by atoms with Gasteiger partial charge in [-0.05, 0) is 75.8 Å². The van der Waals surface area contributed by atoms with E-state index in [1.807, 2.05) is 30.3 Å². The van der Waals surface area contributed by atoms with Gasteiger partial charge in [-0.15, -0.1) is 4.80 Å². The van der Waals surface area contributed by atoms with Crippen LogP contribution in [-0.2, 0) is 29.9 Å². The number of rotatable bonds is 10. The monoisotopic (exact) mass is 616 g/mol. The van der Waals surface area contributed by atoms with Gasteiger partial charge in [-0.25, -0.2) is 13.8 Å². The first kappa shape index (κ1) is 29.5. The molecule has 228 valence electrons. The van der Waals surface area contributed by atoms with Gasteiger partial charge in [0.25, 0.3) is 5.56 Å². The molecule has 1 amide bonds. The summed E-state index contributed by atoms with van der Waals surface area (Å²) in [5, 5.41) is 12.3. The Kier molecular flexibility index (Phi) is 7.93. The van der Waals surface area contributed by atoms with E-state index in [1.54, 1.807) is 26.8 Å². The molecule has 1 saturated carbocycles. The molecule has 0 saturated heterocycles. The Balaban J connectivity index is 1.43. The van der Waals surface area contributed by atoms with Gasteiger partial charge in [0.05, 0.1) is 17.8 Å². The summed E-state index contributed by atoms with van der Waals surface area (Å²) >= 11 is 1.22. The Hall–Kier alpha value is -4.58. The van der Waals surface area contributed by atoms with Crippen LogP contribution >= 0.6 is 11.3 Å². The van der Waals surface area contributed by atoms with Crippen molar-refractivity contribution < 1.29 is 13.9 Å². The number of hydrogen-bond donors (Lipinski definition) is 1. The van der Waals surface area contributed by atoms with Crippen molar-refractivity contribution in [2.24, 2.45) is 0 Å². The Morgan fingerprint density at radius 3 is 2.52 bits per heavy atom. The summed E-state index contributed by atoms with van der Waals surface area (Å²) in [6, 6.07) is 14.0. The van der Waals surface area contributed by atoms with Gasteiger partial charge in [-0.2, -0.15) is 10.2 Å². The summed E-state index contributed by atoms with van der Waals surface area (Å²) in [6.45, 7) is 5.34. The lowest BCUT2D eigenvalue weighted by molar-refractivity contribution is -0.130. The normalized spacial score (nSPS) is 13.6. The molecule has 1 aliphatic rings. The molecule has 2 aromatic carbocycles. The summed E-state index contributed by atoms with van der Waals surface area (Å²) in [5.41, 5.74) is -0.518. The topological polar surface area (TPSA) is 113 Å². The Morgan fingerprint density at radius 1 is 1.11 bits per heavy atom. The standard InChI is InChI=1S/C32H33FN6O4S/c1-20-26-27(40)38(32(2,3)30(41)36-24-10-7-11-24)31(42)37(29(26)44-28(20)39-34-15-16-35-39)17-14-22-18-23(33)12-13-25(22)43-19-21-8-5-4-6-9-21/h4-6,8-9,12-13,15-16,18,24H,7,10-11,14,17,19H2,1-3H3,(H,36,41). The summed E-state index contributed by atoms with van der Waals surface area (Å²) in [5.74, 6) is -0.324. The zero-order valence-electron chi connectivity index (χ0n) is 24.7. The van der Waals surface area contributed by atoms with E-state index >= 15 is 0 Å². The van der Waals surface area contributed by atoms with Gasteiger partial charge < -0.3 is 10.1 Å². The van der Waals surface area contributed by atoms with Crippen LogP contribution in [0.3, 0.4) is 0 Å². The number of fused-ring (bicyclic) bond motifs is 1. The van der Waals surface area contributed by atoms with Crippen LogP contribution in [-0.4, -0.2) is 36.1 Å². The van der Waals surface area contributed by atoms with Crippen LogP contribution in [0.4, 0.5) is 4.39 Å². The van der Waals surface area contributed by atoms with E-state index in [0.29, 0.717) is 38.7 Å². The van der Waals surface area contributed by atoms with E-state index in [0.717, 1.165) is 29.4 Å². The van der Waals surface area contributed by atoms with Crippen LogP contribution in [0, 0.1) is 12.7 Å². The molecule has 0 spiro atoms. The van der Waals surface area contributed by atoms with E-state index in [2.05, 4.69) is 15.5 Å². The quantitative estimate of drug-likeness (QED) is 0.248. The first-order valence-corrected chi connectivity index (χ1v) is 15.4. The van der Waals surface area contributed by atoms with Gasteiger partial charge in [0.15, 0.2) is 0 Å². The number of nitrogens with zero attached hydrogens (tertiary/aromatic N) is 5. The van der Waals surface area contributed by atoms with Crippen molar-refractivity contribution in [2.45, 2.75) is 71.2 Å². The summed E-state index contributed by atoms with van der Waals surface area (Å²) in [7, 11) is 0. The molecule has 0 aliphatic heterocycles. The highest BCUT2D eigenvalue weighted by Gasteiger charge is 2.37. The van der Waals surface area contributed by atoms with Crippen molar-refractivity contribution >= 4 is 27.5 Å². The SMILES string of the molecule is Cc1c(-n2nccn2)sc2c1c(=O)n(C(C)(C)C(=O)NC1CCC1)c(=O)n2CCc1cc(F)ccc1OCc1ccccc1. The smallest absolute Gasteiger partial charge is 0.333 e. The van der Waals surface area contributed by atoms with Crippen LogP contribution in [0.1, 0.15) is 49.8 Å². The summed E-state index contributed by atoms with van der Waals surface area (Å²) in [4.78, 5) is 43.6. The maximum atomic E-state index is 14.5. The Bertz CT molecular complexity index is 1940. The second-order valence-corrected chi connectivity index (χ2v) is 12.5. The predicted octanol–water partition coefficient (Wildman–Crippen LogP) is 4.48. The van der Waals surface area contributed by atoms with Gasteiger partial charge in [-0.1, -0.05) is 41.7 Å². The molecule has 10 nitrogen and oxygen atoms in total. The predicted molar refractivity (Wildman–Crippen MR) is 166 cm³/mol. The fourth-order valence-corrected chi connectivity index (χ4v) is 6.64. The molecular weight excluding hydrogens is 583 g/mol. The van der Waals surface area contributed by atoms with E-state index in [4.69, 9.17) is 4.74 Å². The molecule has 1 fully saturated rings. The molecule has 0 radical (unpaired) electrons. The number of aryl methyl sites for hydroxylation is 3. The lowest BCUT2D eigenvalue weighted by Gasteiger charge is -2.32. The molecule has 0 unspecified atom stereocenters. The molecule has 6 rings (SSSR count). The van der Waals surface area contributed by atoms with Crippen LogP contribution in [0.25, 0.3) is 15.2 Å². The zero-order valence-corrected chi connectivity index (χ0v) is 25.6. The molecule has 0 bridgehead atoms. The van der Waals surface area contributed by atoms with Crippen LogP contribution in [0.15, 0.2) is 70.5 Å². The first-order chi connectivity index (χ1) is 21.1. The number of ether oxygens (including phenoxy) is 1. The number of halogens is 1. The highest BCUT2D eigenvalue weighted by Crippen LogP contribution is 2.31. The van der Waals surface area contributed by atoms with Gasteiger partial charge in [-0.3, -0.25) is 14.2 Å². The van der Waals surface area contributed by atoms with Crippen molar-refractivity contribution in [3.63, 3.8) is 0 Å². The molecule has 12 heteroatoms. The maximum Gasteiger partial charge on any atom is 0.333 e. The summed E-state index contributed by atoms with van der Waals surface area (Å²) in [6.07, 6.45) is 6.06. The van der Waals surface area contributed by atoms with E-state index in [9.17, 15) is 18.8 Å². The largest absolute Gasteiger partial charge is 0.489 e. The number of thiophene rings is 1. The third-order valence-electron chi connectivity index (χ3n) is 8.21. The highest BCUT2D eigenvalue weighted by molar-refractivity contribution is 7.21. The first-order valence-electron chi connectivity index (χ1n) is 14.6. The van der Waals surface area contributed by atoms with Gasteiger partial charge in [0.2, 0.25) is 5.91 Å². The zero-order chi connectivity index (χ0) is 31.0. The average Bonchev–Trinajstić information content (AvgIpc) is 3.63. The van der Waals surface area contributed by atoms with E-state index in [-0.39, 0.29) is 19.0 Å². The number of amides is 1. The fourth-order valence-electron chi connectivity index (χ4n) is 5.40. The molecule has 5 aromatic rings. The number of hydrogen-bond acceptors (Lipinski definition) is 7. The Labute approximate surface area is 256 Å². The lowest BCUT2D eigenvalue weighted by Crippen LogP contribution is -2.57. The number of carbonyl (C=O) groups is 1. The van der Waals surface area contributed by atoms with Crippen molar-refractivity contribution in [1.82, 2.24) is 29.4 Å². The third kappa shape index (κ3) is 5.45. The minimum absolute atomic E-state index is 0.0334. The third-order valence-corrected chi connectivity index (χ3v) is 9.49. The van der Waals surface area contributed by atoms with Crippen LogP contribution in [0.2, 0.25) is 0 Å². The molecule has 0 atom stereocenters. The summed E-state index contributed by atoms with van der Waals surface area (Å²) < 4.78 is 23.0. The van der Waals surface area contributed by atoms with Gasteiger partial charge in [0, 0.05) is 18.2 Å². The second kappa shape index (κ2) is 11.8. The van der Waals surface area contributed by atoms with E-state index in [1.165, 1.54) is 45.2 Å². The van der Waals surface area contributed by atoms with Gasteiger partial charge in [0.1, 0.15) is 33.5 Å². The molecule has 1 aliphatic carbocycles. The fraction of sp³-hybridized carbons (Fsp3) is 0.344. The minimum Gasteiger partial charge on any atom is -0.489 e. The lowest BCUT2D eigenvalue weighted by atomic mass is 9.91. The van der Waals surface area contributed by atoms with Crippen LogP contribution < -0.4 is 21.3 Å². The molecule has 3 aromatic heterocycles. The van der Waals surface area contributed by atoms with Crippen molar-refractivity contribution in [3.05, 3.63) is 104 Å². The second-order valence-electron chi connectivity index (χ2n) is 11.5. The Morgan fingerprint density at radius 2 is 1.84 bits per heavy atom. The molecule has 1 N–H and O–H groups in total. The number of aromatic nitrogens is 5. The van der Waals surface area contributed by atoms with Gasteiger partial charge >= 0.3 is 5.69 Å². The average molecular weight is 617 g/mol. The molecular formula is C32H33FN6O4S. The van der Waals surface area contributed by atoms with Crippen LogP contribution in [0.5, 0.6) is 5.75 Å². The molecule has 3 heterocycles. The minimum atomic E-state index is -1.47. The number of benzene rings is 2. The number of carbonyl (C=O) groups excluding carboxylic acids is 1. The van der Waals surface area contributed by atoms with Crippen molar-refractivity contribution in [2.75, 3.05) is 0 Å².